The lowest BCUT2D eigenvalue weighted by atomic mass is 9.70. The largest absolute Gasteiger partial charge is 0.310 e. The van der Waals surface area contributed by atoms with E-state index in [1.165, 1.54) is 43.2 Å². The first-order valence-corrected chi connectivity index (χ1v) is 8.37. The van der Waals surface area contributed by atoms with Gasteiger partial charge >= 0.3 is 0 Å². The summed E-state index contributed by atoms with van der Waals surface area (Å²) in [6, 6.07) is 9.72. The Morgan fingerprint density at radius 1 is 1.10 bits per heavy atom. The number of aryl methyl sites for hydroxylation is 1. The fourth-order valence-electron chi connectivity index (χ4n) is 4.15. The highest BCUT2D eigenvalue weighted by atomic mass is 14.9. The van der Waals surface area contributed by atoms with Gasteiger partial charge in [-0.05, 0) is 49.6 Å². The van der Waals surface area contributed by atoms with Gasteiger partial charge in [-0.15, -0.1) is 0 Å². The van der Waals surface area contributed by atoms with Gasteiger partial charge in [0.2, 0.25) is 0 Å². The molecule has 0 bridgehead atoms. The molecule has 1 aliphatic carbocycles. The minimum Gasteiger partial charge on any atom is -0.310 e. The van der Waals surface area contributed by atoms with Crippen LogP contribution in [-0.4, -0.2) is 6.54 Å². The van der Waals surface area contributed by atoms with Crippen LogP contribution in [0.5, 0.6) is 0 Å². The van der Waals surface area contributed by atoms with E-state index in [4.69, 9.17) is 0 Å². The molecule has 1 atom stereocenters. The first-order valence-electron chi connectivity index (χ1n) is 8.37. The minimum atomic E-state index is 0.472. The van der Waals surface area contributed by atoms with E-state index in [0.29, 0.717) is 11.5 Å². The van der Waals surface area contributed by atoms with Gasteiger partial charge in [0.25, 0.3) is 0 Å². The van der Waals surface area contributed by atoms with Crippen LogP contribution >= 0.6 is 0 Å². The van der Waals surface area contributed by atoms with Crippen LogP contribution in [0.3, 0.4) is 0 Å². The molecule has 1 N–H and O–H groups in total. The van der Waals surface area contributed by atoms with E-state index in [1.807, 2.05) is 0 Å². The van der Waals surface area contributed by atoms with Gasteiger partial charge in [-0.25, -0.2) is 0 Å². The summed E-state index contributed by atoms with van der Waals surface area (Å²) < 4.78 is 0. The first kappa shape index (κ1) is 15.6. The maximum atomic E-state index is 3.81. The van der Waals surface area contributed by atoms with Crippen LogP contribution in [0.25, 0.3) is 0 Å². The molecule has 112 valence electrons. The summed E-state index contributed by atoms with van der Waals surface area (Å²) in [5, 5.41) is 3.81. The Balaban J connectivity index is 2.31. The summed E-state index contributed by atoms with van der Waals surface area (Å²) in [5.41, 5.74) is 3.31. The van der Waals surface area contributed by atoms with E-state index in [0.717, 1.165) is 12.5 Å². The zero-order valence-electron chi connectivity index (χ0n) is 13.7. The molecule has 0 amide bonds. The van der Waals surface area contributed by atoms with Gasteiger partial charge in [0, 0.05) is 6.04 Å². The zero-order valence-corrected chi connectivity index (χ0v) is 13.7. The predicted octanol–water partition coefficient (Wildman–Crippen LogP) is 5.25. The van der Waals surface area contributed by atoms with Crippen LogP contribution < -0.4 is 5.32 Å². The minimum absolute atomic E-state index is 0.472. The molecule has 1 nitrogen and oxygen atoms in total. The lowest BCUT2D eigenvalue weighted by Gasteiger charge is -2.40. The molecule has 1 unspecified atom stereocenters. The molecular formula is C19H31N. The molecular weight excluding hydrogens is 242 g/mol. The monoisotopic (exact) mass is 273 g/mol. The molecule has 0 heterocycles. The van der Waals surface area contributed by atoms with Crippen molar-refractivity contribution in [3.8, 4) is 0 Å². The van der Waals surface area contributed by atoms with Crippen LogP contribution in [0.1, 0.15) is 70.0 Å². The molecule has 0 aliphatic heterocycles. The molecule has 0 aromatic heterocycles. The average Bonchev–Trinajstić information content (AvgIpc) is 2.86. The van der Waals surface area contributed by atoms with Crippen LogP contribution in [-0.2, 0) is 0 Å². The molecule has 0 saturated heterocycles. The highest BCUT2D eigenvalue weighted by molar-refractivity contribution is 5.26. The van der Waals surface area contributed by atoms with Crippen molar-refractivity contribution >= 4 is 0 Å². The van der Waals surface area contributed by atoms with E-state index in [2.05, 4.69) is 57.3 Å². The van der Waals surface area contributed by atoms with Crippen molar-refractivity contribution < 1.29 is 0 Å². The Morgan fingerprint density at radius 2 is 1.70 bits per heavy atom. The van der Waals surface area contributed by atoms with Crippen LogP contribution in [0.2, 0.25) is 0 Å². The first-order chi connectivity index (χ1) is 9.57. The highest BCUT2D eigenvalue weighted by Gasteiger charge is 2.41. The van der Waals surface area contributed by atoms with Gasteiger partial charge in [0.1, 0.15) is 0 Å². The van der Waals surface area contributed by atoms with Crippen LogP contribution in [0.15, 0.2) is 24.3 Å². The number of rotatable bonds is 6. The van der Waals surface area contributed by atoms with Crippen molar-refractivity contribution in [2.45, 2.75) is 65.8 Å². The van der Waals surface area contributed by atoms with Gasteiger partial charge in [-0.1, -0.05) is 63.4 Å². The SMILES string of the molecule is CCNC(c1ccc(C)cc1)C1(CC(C)C)CCCC1. The van der Waals surface area contributed by atoms with Crippen molar-refractivity contribution in [3.05, 3.63) is 35.4 Å². The molecule has 1 aromatic carbocycles. The van der Waals surface area contributed by atoms with E-state index < -0.39 is 0 Å². The summed E-state index contributed by atoms with van der Waals surface area (Å²) in [7, 11) is 0. The third-order valence-corrected chi connectivity index (χ3v) is 4.85. The average molecular weight is 273 g/mol. The van der Waals surface area contributed by atoms with Gasteiger partial charge in [-0.2, -0.15) is 0 Å². The highest BCUT2D eigenvalue weighted by Crippen LogP contribution is 2.51. The van der Waals surface area contributed by atoms with Gasteiger partial charge in [0.05, 0.1) is 0 Å². The second kappa shape index (κ2) is 6.76. The quantitative estimate of drug-likeness (QED) is 0.746. The number of hydrogen-bond acceptors (Lipinski definition) is 1. The standard InChI is InChI=1S/C19H31N/c1-5-20-18(17-10-8-16(4)9-11-17)19(14-15(2)3)12-6-7-13-19/h8-11,15,18,20H,5-7,12-14H2,1-4H3. The number of hydrogen-bond donors (Lipinski definition) is 1. The third-order valence-electron chi connectivity index (χ3n) is 4.85. The molecule has 2 rings (SSSR count). The fraction of sp³-hybridized carbons (Fsp3) is 0.684. The van der Waals surface area contributed by atoms with E-state index in [1.54, 1.807) is 0 Å². The fourth-order valence-corrected chi connectivity index (χ4v) is 4.15. The van der Waals surface area contributed by atoms with Crippen molar-refractivity contribution in [1.82, 2.24) is 5.32 Å². The lowest BCUT2D eigenvalue weighted by molar-refractivity contribution is 0.157. The molecule has 1 heteroatoms. The lowest BCUT2D eigenvalue weighted by Crippen LogP contribution is -2.37. The molecule has 0 spiro atoms. The van der Waals surface area contributed by atoms with Gasteiger partial charge < -0.3 is 5.32 Å². The summed E-state index contributed by atoms with van der Waals surface area (Å²) >= 11 is 0. The summed E-state index contributed by atoms with van der Waals surface area (Å²) in [6.07, 6.45) is 6.92. The van der Waals surface area contributed by atoms with E-state index in [9.17, 15) is 0 Å². The summed E-state index contributed by atoms with van der Waals surface area (Å²) in [5.74, 6) is 0.778. The van der Waals surface area contributed by atoms with Gasteiger partial charge in [0.15, 0.2) is 0 Å². The van der Waals surface area contributed by atoms with E-state index in [-0.39, 0.29) is 0 Å². The molecule has 20 heavy (non-hydrogen) atoms. The Kier molecular flexibility index (Phi) is 5.26. The van der Waals surface area contributed by atoms with Crippen LogP contribution in [0.4, 0.5) is 0 Å². The third kappa shape index (κ3) is 3.44. The van der Waals surface area contributed by atoms with Crippen LogP contribution in [0, 0.1) is 18.3 Å². The molecule has 0 radical (unpaired) electrons. The second-order valence-electron chi connectivity index (χ2n) is 7.07. The summed E-state index contributed by atoms with van der Waals surface area (Å²) in [6.45, 7) is 10.2. The van der Waals surface area contributed by atoms with Crippen molar-refractivity contribution in [1.29, 1.82) is 0 Å². The predicted molar refractivity (Wildman–Crippen MR) is 88.0 cm³/mol. The Bertz CT molecular complexity index is 398. The number of nitrogens with one attached hydrogen (secondary N) is 1. The van der Waals surface area contributed by atoms with Crippen molar-refractivity contribution in [2.75, 3.05) is 6.54 Å². The Hall–Kier alpha value is -0.820. The van der Waals surface area contributed by atoms with Crippen molar-refractivity contribution in [3.63, 3.8) is 0 Å². The maximum Gasteiger partial charge on any atom is 0.0377 e. The molecule has 1 aromatic rings. The normalized spacial score (nSPS) is 19.4. The molecule has 1 aliphatic rings. The second-order valence-corrected chi connectivity index (χ2v) is 7.07. The molecule has 1 fully saturated rings. The zero-order chi connectivity index (χ0) is 14.6. The van der Waals surface area contributed by atoms with Gasteiger partial charge in [-0.3, -0.25) is 0 Å². The molecule has 1 saturated carbocycles. The maximum absolute atomic E-state index is 3.81. The van der Waals surface area contributed by atoms with Crippen molar-refractivity contribution in [2.24, 2.45) is 11.3 Å². The Labute approximate surface area is 125 Å². The Morgan fingerprint density at radius 3 is 2.20 bits per heavy atom. The summed E-state index contributed by atoms with van der Waals surface area (Å²) in [4.78, 5) is 0. The number of benzene rings is 1. The smallest absolute Gasteiger partial charge is 0.0377 e. The topological polar surface area (TPSA) is 12.0 Å². The van der Waals surface area contributed by atoms with E-state index >= 15 is 0 Å².